The minimum absolute atomic E-state index is 0.126. The summed E-state index contributed by atoms with van der Waals surface area (Å²) in [7, 11) is 0. The molecule has 0 saturated carbocycles. The van der Waals surface area contributed by atoms with Crippen molar-refractivity contribution >= 4 is 40.6 Å². The Morgan fingerprint density at radius 1 is 1.36 bits per heavy atom. The molecule has 0 unspecified atom stereocenters. The Labute approximate surface area is 160 Å². The first-order valence-electron chi connectivity index (χ1n) is 8.01. The average Bonchev–Trinajstić information content (AvgIpc) is 3.02. The fourth-order valence-corrected chi connectivity index (χ4v) is 4.65. The molecule has 1 aromatic heterocycles. The Balaban J connectivity index is 1.47. The maximum Gasteiger partial charge on any atom is 0.233 e. The smallest absolute Gasteiger partial charge is 0.233 e. The zero-order valence-corrected chi connectivity index (χ0v) is 16.3. The lowest BCUT2D eigenvalue weighted by atomic mass is 10.2. The van der Waals surface area contributed by atoms with Crippen molar-refractivity contribution in [3.63, 3.8) is 0 Å². The Morgan fingerprint density at radius 3 is 2.76 bits per heavy atom. The summed E-state index contributed by atoms with van der Waals surface area (Å²) >= 11 is 9.14. The molecule has 8 heteroatoms. The molecule has 25 heavy (non-hydrogen) atoms. The number of aryl methyl sites for hydroxylation is 1. The van der Waals surface area contributed by atoms with Gasteiger partial charge in [-0.05, 0) is 19.1 Å². The number of hydrogen-bond acceptors (Lipinski definition) is 5. The third-order valence-electron chi connectivity index (χ3n) is 4.09. The van der Waals surface area contributed by atoms with Crippen LogP contribution in [0.1, 0.15) is 11.3 Å². The molecule has 0 atom stereocenters. The maximum atomic E-state index is 13.9. The summed E-state index contributed by atoms with van der Waals surface area (Å²) in [6, 6.07) is 4.75. The number of amides is 1. The highest BCUT2D eigenvalue weighted by Gasteiger charge is 2.22. The first-order valence-corrected chi connectivity index (χ1v) is 10.2. The fourth-order valence-electron chi connectivity index (χ4n) is 2.68. The lowest BCUT2D eigenvalue weighted by Gasteiger charge is -2.34. The Morgan fingerprint density at radius 2 is 2.12 bits per heavy atom. The second kappa shape index (κ2) is 8.49. The molecule has 0 aliphatic carbocycles. The van der Waals surface area contributed by atoms with E-state index in [4.69, 9.17) is 11.6 Å². The van der Waals surface area contributed by atoms with E-state index in [0.717, 1.165) is 23.1 Å². The summed E-state index contributed by atoms with van der Waals surface area (Å²) in [5.74, 6) is 0.258. The minimum atomic E-state index is -0.277. The molecule has 1 saturated heterocycles. The summed E-state index contributed by atoms with van der Waals surface area (Å²) < 4.78 is 14.8. The molecule has 2 aromatic rings. The molecule has 1 fully saturated rings. The third kappa shape index (κ3) is 4.94. The van der Waals surface area contributed by atoms with Gasteiger partial charge in [0, 0.05) is 54.4 Å². The molecule has 0 radical (unpaired) electrons. The van der Waals surface area contributed by atoms with Crippen LogP contribution in [0, 0.1) is 12.7 Å². The second-order valence-electron chi connectivity index (χ2n) is 5.90. The van der Waals surface area contributed by atoms with Crippen LogP contribution < -0.4 is 0 Å². The van der Waals surface area contributed by atoms with E-state index in [0.29, 0.717) is 36.0 Å². The fraction of sp³-hybridized carbons (Fsp3) is 0.412. The maximum absolute atomic E-state index is 13.9. The topological polar surface area (TPSA) is 36.4 Å². The van der Waals surface area contributed by atoms with Gasteiger partial charge in [0.2, 0.25) is 5.91 Å². The van der Waals surface area contributed by atoms with Crippen LogP contribution in [0.3, 0.4) is 0 Å². The summed E-state index contributed by atoms with van der Waals surface area (Å²) in [4.78, 5) is 20.7. The number of nitrogens with zero attached hydrogens (tertiary/aromatic N) is 3. The van der Waals surface area contributed by atoms with Crippen LogP contribution in [0.2, 0.25) is 5.02 Å². The van der Waals surface area contributed by atoms with Crippen molar-refractivity contribution in [2.45, 2.75) is 17.8 Å². The highest BCUT2D eigenvalue weighted by Crippen LogP contribution is 2.24. The van der Waals surface area contributed by atoms with Crippen LogP contribution in [0.4, 0.5) is 4.39 Å². The molecule has 4 nitrogen and oxygen atoms in total. The molecular weight excluding hydrogens is 381 g/mol. The van der Waals surface area contributed by atoms with Crippen molar-refractivity contribution in [1.82, 2.24) is 14.8 Å². The molecule has 1 amide bonds. The second-order valence-corrected chi connectivity index (χ2v) is 8.39. The standard InChI is InChI=1S/C17H19ClFN3OS2/c1-12-10-24-17(20-12)25-11-16(23)22-7-5-21(6-8-22)9-13-14(18)3-2-4-15(13)19/h2-4,10H,5-9,11H2,1H3. The number of piperazine rings is 1. The zero-order valence-electron chi connectivity index (χ0n) is 13.9. The molecule has 1 aliphatic rings. The highest BCUT2D eigenvalue weighted by atomic mass is 35.5. The van der Waals surface area contributed by atoms with E-state index in [2.05, 4.69) is 9.88 Å². The van der Waals surface area contributed by atoms with Crippen molar-refractivity contribution in [2.24, 2.45) is 0 Å². The van der Waals surface area contributed by atoms with Crippen LogP contribution >= 0.6 is 34.7 Å². The number of rotatable bonds is 5. The Bertz CT molecular complexity index is 727. The number of hydrogen-bond donors (Lipinski definition) is 0. The van der Waals surface area contributed by atoms with Gasteiger partial charge in [0.25, 0.3) is 0 Å². The SMILES string of the molecule is Cc1csc(SCC(=O)N2CCN(Cc3c(F)cccc3Cl)CC2)n1. The van der Waals surface area contributed by atoms with Gasteiger partial charge < -0.3 is 4.90 Å². The number of thioether (sulfide) groups is 1. The van der Waals surface area contributed by atoms with Crippen LogP contribution in [0.15, 0.2) is 27.9 Å². The molecule has 134 valence electrons. The van der Waals surface area contributed by atoms with Gasteiger partial charge in [0.05, 0.1) is 5.75 Å². The van der Waals surface area contributed by atoms with Crippen LogP contribution in [0.25, 0.3) is 0 Å². The summed E-state index contributed by atoms with van der Waals surface area (Å²) in [5.41, 5.74) is 1.51. The predicted molar refractivity (Wildman–Crippen MR) is 101 cm³/mol. The summed E-state index contributed by atoms with van der Waals surface area (Å²) in [5, 5.41) is 2.44. The van der Waals surface area contributed by atoms with E-state index in [1.54, 1.807) is 23.5 Å². The van der Waals surface area contributed by atoms with E-state index < -0.39 is 0 Å². The molecule has 2 heterocycles. The van der Waals surface area contributed by atoms with Gasteiger partial charge in [0.1, 0.15) is 5.82 Å². The first-order chi connectivity index (χ1) is 12.0. The molecular formula is C17H19ClFN3OS2. The number of halogens is 2. The average molecular weight is 400 g/mol. The number of thiazole rings is 1. The van der Waals surface area contributed by atoms with Gasteiger partial charge in [0.15, 0.2) is 4.34 Å². The van der Waals surface area contributed by atoms with Crippen LogP contribution in [-0.2, 0) is 11.3 Å². The van der Waals surface area contributed by atoms with E-state index >= 15 is 0 Å². The van der Waals surface area contributed by atoms with Crippen LogP contribution in [-0.4, -0.2) is 52.6 Å². The van der Waals surface area contributed by atoms with Gasteiger partial charge in [-0.1, -0.05) is 29.4 Å². The molecule has 0 spiro atoms. The van der Waals surface area contributed by atoms with Crippen molar-refractivity contribution in [3.05, 3.63) is 45.7 Å². The van der Waals surface area contributed by atoms with Crippen molar-refractivity contribution in [1.29, 1.82) is 0 Å². The Kier molecular flexibility index (Phi) is 6.33. The largest absolute Gasteiger partial charge is 0.339 e. The van der Waals surface area contributed by atoms with E-state index in [1.807, 2.05) is 17.2 Å². The van der Waals surface area contributed by atoms with E-state index in [-0.39, 0.29) is 11.7 Å². The number of benzene rings is 1. The monoisotopic (exact) mass is 399 g/mol. The molecule has 0 N–H and O–H groups in total. The highest BCUT2D eigenvalue weighted by molar-refractivity contribution is 8.01. The summed E-state index contributed by atoms with van der Waals surface area (Å²) in [6.45, 7) is 5.17. The number of carbonyl (C=O) groups excluding carboxylic acids is 1. The van der Waals surface area contributed by atoms with Crippen molar-refractivity contribution in [2.75, 3.05) is 31.9 Å². The minimum Gasteiger partial charge on any atom is -0.339 e. The van der Waals surface area contributed by atoms with Gasteiger partial charge in [-0.3, -0.25) is 9.69 Å². The summed E-state index contributed by atoms with van der Waals surface area (Å²) in [6.07, 6.45) is 0. The number of carbonyl (C=O) groups is 1. The molecule has 3 rings (SSSR count). The predicted octanol–water partition coefficient (Wildman–Crippen LogP) is 3.68. The van der Waals surface area contributed by atoms with Crippen molar-refractivity contribution in [3.8, 4) is 0 Å². The lowest BCUT2D eigenvalue weighted by Crippen LogP contribution is -2.48. The van der Waals surface area contributed by atoms with Crippen molar-refractivity contribution < 1.29 is 9.18 Å². The zero-order chi connectivity index (χ0) is 17.8. The van der Waals surface area contributed by atoms with Crippen LogP contribution in [0.5, 0.6) is 0 Å². The molecule has 1 aliphatic heterocycles. The van der Waals surface area contributed by atoms with E-state index in [9.17, 15) is 9.18 Å². The Hall–Kier alpha value is -1.15. The van der Waals surface area contributed by atoms with Gasteiger partial charge in [-0.2, -0.15) is 0 Å². The van der Waals surface area contributed by atoms with Gasteiger partial charge in [-0.25, -0.2) is 9.37 Å². The number of aromatic nitrogens is 1. The first kappa shape index (κ1) is 18.6. The lowest BCUT2D eigenvalue weighted by molar-refractivity contribution is -0.130. The normalized spacial score (nSPS) is 15.6. The van der Waals surface area contributed by atoms with Gasteiger partial charge >= 0.3 is 0 Å². The third-order valence-corrected chi connectivity index (χ3v) is 6.56. The van der Waals surface area contributed by atoms with Gasteiger partial charge in [-0.15, -0.1) is 11.3 Å². The molecule has 1 aromatic carbocycles. The molecule has 0 bridgehead atoms. The quantitative estimate of drug-likeness (QED) is 0.718. The van der Waals surface area contributed by atoms with E-state index in [1.165, 1.54) is 17.8 Å².